The summed E-state index contributed by atoms with van der Waals surface area (Å²) in [7, 11) is 1.27. The van der Waals surface area contributed by atoms with Gasteiger partial charge in [0.05, 0.1) is 12.0 Å². The first kappa shape index (κ1) is 16.8. The molecule has 0 radical (unpaired) electrons. The molecule has 0 aliphatic carbocycles. The Balaban J connectivity index is 2.40. The van der Waals surface area contributed by atoms with E-state index >= 15 is 0 Å². The van der Waals surface area contributed by atoms with Crippen LogP contribution in [0.4, 0.5) is 13.2 Å². The summed E-state index contributed by atoms with van der Waals surface area (Å²) in [6, 6.07) is 0. The van der Waals surface area contributed by atoms with Crippen molar-refractivity contribution in [3.05, 3.63) is 16.4 Å². The molecule has 0 aromatic carbocycles. The van der Waals surface area contributed by atoms with E-state index in [2.05, 4.69) is 5.10 Å². The molecule has 1 fully saturated rings. The van der Waals surface area contributed by atoms with Crippen molar-refractivity contribution in [3.8, 4) is 0 Å². The molecule has 0 N–H and O–H groups in total. The van der Waals surface area contributed by atoms with Crippen molar-refractivity contribution in [3.63, 3.8) is 0 Å². The normalized spacial score (nSPS) is 22.8. The lowest BCUT2D eigenvalue weighted by Crippen LogP contribution is -2.34. The minimum Gasteiger partial charge on any atom is -0.277 e. The van der Waals surface area contributed by atoms with Gasteiger partial charge >= 0.3 is 6.18 Å². The zero-order chi connectivity index (χ0) is 16.9. The number of halogens is 4. The summed E-state index contributed by atoms with van der Waals surface area (Å²) >= 11 is 5.85. The summed E-state index contributed by atoms with van der Waals surface area (Å²) in [6.07, 6.45) is -4.29. The Hall–Kier alpha value is -1.57. The van der Waals surface area contributed by atoms with Crippen LogP contribution in [0.25, 0.3) is 0 Å². The maximum Gasteiger partial charge on any atom is 0.435 e. The summed E-state index contributed by atoms with van der Waals surface area (Å²) in [5, 5.41) is 3.10. The molecule has 122 valence electrons. The van der Waals surface area contributed by atoms with E-state index in [4.69, 9.17) is 11.6 Å². The van der Waals surface area contributed by atoms with Gasteiger partial charge in [0, 0.05) is 19.0 Å². The molecule has 0 spiro atoms. The van der Waals surface area contributed by atoms with E-state index in [1.54, 1.807) is 13.8 Å². The number of carbonyl (C=O) groups is 2. The Kier molecular flexibility index (Phi) is 4.01. The van der Waals surface area contributed by atoms with Gasteiger partial charge in [0.1, 0.15) is 5.15 Å². The number of carbonyl (C=O) groups excluding carboxylic acids is 2. The number of rotatable bonds is 3. The molecule has 2 rings (SSSR count). The highest BCUT2D eigenvalue weighted by Gasteiger charge is 2.48. The third-order valence-corrected chi connectivity index (χ3v) is 4.51. The zero-order valence-electron chi connectivity index (χ0n) is 12.3. The molecule has 1 saturated heterocycles. The predicted molar refractivity (Wildman–Crippen MR) is 71.8 cm³/mol. The topological polar surface area (TPSA) is 55.2 Å². The smallest absolute Gasteiger partial charge is 0.277 e. The molecule has 5 nitrogen and oxygen atoms in total. The van der Waals surface area contributed by atoms with Crippen LogP contribution >= 0.6 is 11.6 Å². The highest BCUT2D eigenvalue weighted by Crippen LogP contribution is 2.39. The van der Waals surface area contributed by atoms with Gasteiger partial charge in [-0.05, 0) is 6.42 Å². The molecule has 0 saturated carbocycles. The lowest BCUT2D eigenvalue weighted by Gasteiger charge is -2.20. The third-order valence-electron chi connectivity index (χ3n) is 4.04. The molecule has 1 atom stereocenters. The van der Waals surface area contributed by atoms with Crippen LogP contribution in [-0.2, 0) is 29.4 Å². The lowest BCUT2D eigenvalue weighted by molar-refractivity contribution is -0.146. The van der Waals surface area contributed by atoms with Gasteiger partial charge in [0.2, 0.25) is 11.8 Å². The first-order chi connectivity index (χ1) is 10.0. The van der Waals surface area contributed by atoms with E-state index in [0.717, 1.165) is 9.58 Å². The molecule has 2 amide bonds. The largest absolute Gasteiger partial charge is 0.435 e. The van der Waals surface area contributed by atoms with Crippen LogP contribution in [0.15, 0.2) is 0 Å². The van der Waals surface area contributed by atoms with Gasteiger partial charge in [-0.2, -0.15) is 18.3 Å². The predicted octanol–water partition coefficient (Wildman–Crippen LogP) is 2.77. The highest BCUT2D eigenvalue weighted by molar-refractivity contribution is 6.30. The molecule has 1 aromatic rings. The maximum atomic E-state index is 13.0. The number of likely N-dealkylation sites (tertiary alicyclic amines) is 1. The molecule has 22 heavy (non-hydrogen) atoms. The molecular weight excluding hydrogens is 323 g/mol. The summed E-state index contributed by atoms with van der Waals surface area (Å²) in [6.45, 7) is 2.87. The maximum absolute atomic E-state index is 13.0. The van der Waals surface area contributed by atoms with Crippen molar-refractivity contribution >= 4 is 23.4 Å². The number of aromatic nitrogens is 2. The molecular formula is C13H15ClF3N3O2. The average molecular weight is 338 g/mol. The van der Waals surface area contributed by atoms with Crippen LogP contribution < -0.4 is 0 Å². The van der Waals surface area contributed by atoms with E-state index in [0.29, 0.717) is 6.42 Å². The molecule has 1 aliphatic rings. The van der Waals surface area contributed by atoms with E-state index in [1.165, 1.54) is 7.05 Å². The minimum absolute atomic E-state index is 0.0123. The second-order valence-electron chi connectivity index (χ2n) is 5.62. The van der Waals surface area contributed by atoms with Gasteiger partial charge in [-0.1, -0.05) is 25.4 Å². The average Bonchev–Trinajstić information content (AvgIpc) is 2.81. The summed E-state index contributed by atoms with van der Waals surface area (Å²) in [5.74, 6) is -0.976. The van der Waals surface area contributed by atoms with Crippen LogP contribution in [0.5, 0.6) is 0 Å². The highest BCUT2D eigenvalue weighted by atomic mass is 35.5. The summed E-state index contributed by atoms with van der Waals surface area (Å²) in [5.41, 5.74) is -2.41. The quantitative estimate of drug-likeness (QED) is 0.797. The molecule has 2 heterocycles. The Morgan fingerprint density at radius 3 is 2.41 bits per heavy atom. The van der Waals surface area contributed by atoms with Gasteiger partial charge < -0.3 is 0 Å². The second-order valence-corrected chi connectivity index (χ2v) is 5.97. The van der Waals surface area contributed by atoms with Gasteiger partial charge in [-0.15, -0.1) is 0 Å². The number of nitrogens with zero attached hydrogens (tertiary/aromatic N) is 3. The SMILES string of the molecule is CCC1(C)CC(=O)N(Cc2c(C(F)(F)F)nn(C)c2Cl)C1=O. The van der Waals surface area contributed by atoms with Crippen LogP contribution in [0.3, 0.4) is 0 Å². The second kappa shape index (κ2) is 5.26. The number of hydrogen-bond donors (Lipinski definition) is 0. The summed E-state index contributed by atoms with van der Waals surface area (Å²) < 4.78 is 39.9. The standard InChI is InChI=1S/C13H15ClF3N3O2/c1-4-12(2)5-8(21)20(11(12)22)6-7-9(13(15,16)17)18-19(3)10(7)14/h4-6H2,1-3H3. The zero-order valence-corrected chi connectivity index (χ0v) is 13.0. The number of alkyl halides is 3. The Bertz CT molecular complexity index is 641. The van der Waals surface area contributed by atoms with Crippen LogP contribution in [0.2, 0.25) is 5.15 Å². The molecule has 1 unspecified atom stereocenters. The number of imide groups is 1. The monoisotopic (exact) mass is 337 g/mol. The fraction of sp³-hybridized carbons (Fsp3) is 0.615. The van der Waals surface area contributed by atoms with Crippen molar-refractivity contribution < 1.29 is 22.8 Å². The Morgan fingerprint density at radius 2 is 1.95 bits per heavy atom. The first-order valence-electron chi connectivity index (χ1n) is 6.64. The van der Waals surface area contributed by atoms with Crippen LogP contribution in [0.1, 0.15) is 37.9 Å². The van der Waals surface area contributed by atoms with Crippen molar-refractivity contribution in [1.29, 1.82) is 0 Å². The third kappa shape index (κ3) is 2.60. The van der Waals surface area contributed by atoms with Crippen molar-refractivity contribution in [2.45, 2.75) is 39.4 Å². The number of amides is 2. The fourth-order valence-corrected chi connectivity index (χ4v) is 2.64. The Labute approximate surface area is 130 Å². The molecule has 1 aromatic heterocycles. The van der Waals surface area contributed by atoms with Gasteiger partial charge in [-0.3, -0.25) is 19.2 Å². The van der Waals surface area contributed by atoms with E-state index in [9.17, 15) is 22.8 Å². The molecule has 1 aliphatic heterocycles. The number of hydrogen-bond acceptors (Lipinski definition) is 3. The summed E-state index contributed by atoms with van der Waals surface area (Å²) in [4.78, 5) is 25.1. The van der Waals surface area contributed by atoms with Gasteiger partial charge in [-0.25, -0.2) is 0 Å². The van der Waals surface area contributed by atoms with Crippen molar-refractivity contribution in [1.82, 2.24) is 14.7 Å². The van der Waals surface area contributed by atoms with Crippen LogP contribution in [0, 0.1) is 5.41 Å². The van der Waals surface area contributed by atoms with E-state index in [-0.39, 0.29) is 17.1 Å². The lowest BCUT2D eigenvalue weighted by atomic mass is 9.86. The first-order valence-corrected chi connectivity index (χ1v) is 7.02. The number of aryl methyl sites for hydroxylation is 1. The van der Waals surface area contributed by atoms with Crippen molar-refractivity contribution in [2.24, 2.45) is 12.5 Å². The van der Waals surface area contributed by atoms with E-state index < -0.39 is 35.6 Å². The van der Waals surface area contributed by atoms with E-state index in [1.807, 2.05) is 0 Å². The molecule has 0 bridgehead atoms. The van der Waals surface area contributed by atoms with Crippen LogP contribution in [-0.4, -0.2) is 26.5 Å². The molecule has 9 heteroatoms. The van der Waals surface area contributed by atoms with Gasteiger partial charge in [0.25, 0.3) is 0 Å². The fourth-order valence-electron chi connectivity index (χ4n) is 2.45. The Morgan fingerprint density at radius 1 is 1.36 bits per heavy atom. The van der Waals surface area contributed by atoms with Gasteiger partial charge in [0.15, 0.2) is 5.69 Å². The minimum atomic E-state index is -4.71. The van der Waals surface area contributed by atoms with Crippen molar-refractivity contribution in [2.75, 3.05) is 0 Å².